The van der Waals surface area contributed by atoms with Gasteiger partial charge in [-0.2, -0.15) is 5.10 Å². The molecule has 0 saturated heterocycles. The summed E-state index contributed by atoms with van der Waals surface area (Å²) in [5.41, 5.74) is 2.29. The average Bonchev–Trinajstić information content (AvgIpc) is 2.98. The number of benzene rings is 1. The van der Waals surface area contributed by atoms with Crippen LogP contribution in [0.3, 0.4) is 0 Å². The molecule has 1 aliphatic heterocycles. The topological polar surface area (TPSA) is 112 Å². The van der Waals surface area contributed by atoms with Crippen LogP contribution in [0.2, 0.25) is 0 Å². The Balaban J connectivity index is 1.52. The molecule has 0 aliphatic carbocycles. The van der Waals surface area contributed by atoms with E-state index in [1.165, 1.54) is 0 Å². The van der Waals surface area contributed by atoms with E-state index in [0.717, 1.165) is 23.1 Å². The molecule has 8 nitrogen and oxygen atoms in total. The number of anilines is 2. The normalized spacial score (nSPS) is 13.5. The molecule has 3 heterocycles. The monoisotopic (exact) mass is 325 g/mol. The zero-order valence-electron chi connectivity index (χ0n) is 12.7. The van der Waals surface area contributed by atoms with E-state index in [0.29, 0.717) is 30.1 Å². The van der Waals surface area contributed by atoms with Gasteiger partial charge in [-0.15, -0.1) is 0 Å². The summed E-state index contributed by atoms with van der Waals surface area (Å²) in [6.45, 7) is 1.08. The summed E-state index contributed by atoms with van der Waals surface area (Å²) in [5.74, 6) is 0.472. The third-order valence-electron chi connectivity index (χ3n) is 3.96. The summed E-state index contributed by atoms with van der Waals surface area (Å²) in [4.78, 5) is 26.5. The second-order valence-electron chi connectivity index (χ2n) is 5.52. The molecule has 3 aromatic rings. The molecule has 2 amide bonds. The van der Waals surface area contributed by atoms with Gasteiger partial charge < -0.3 is 15.0 Å². The fourth-order valence-electron chi connectivity index (χ4n) is 2.76. The zero-order valence-corrected chi connectivity index (χ0v) is 12.7. The van der Waals surface area contributed by atoms with Gasteiger partial charge in [-0.3, -0.25) is 15.2 Å². The van der Waals surface area contributed by atoms with Crippen LogP contribution in [0.15, 0.2) is 35.3 Å². The third kappa shape index (κ3) is 2.63. The van der Waals surface area contributed by atoms with Crippen molar-refractivity contribution in [1.29, 1.82) is 0 Å². The first-order chi connectivity index (χ1) is 11.7. The Labute approximate surface area is 136 Å². The number of carbonyl (C=O) groups is 1. The minimum atomic E-state index is -0.404. The highest BCUT2D eigenvalue weighted by Gasteiger charge is 2.18. The molecule has 0 fully saturated rings. The molecule has 2 aromatic heterocycles. The number of nitrogens with one attached hydrogen (secondary N) is 4. The zero-order chi connectivity index (χ0) is 16.5. The minimum Gasteiger partial charge on any atom is -0.376 e. The maximum atomic E-state index is 12.2. The SMILES string of the molecule is O=C(Nc1ccc2c(=O)[nH]ccc2c1)Nc1n[nH]c2c1COCC2. The lowest BCUT2D eigenvalue weighted by molar-refractivity contribution is 0.110. The maximum Gasteiger partial charge on any atom is 0.324 e. The molecule has 0 saturated carbocycles. The molecule has 0 spiro atoms. The number of aromatic nitrogens is 3. The second-order valence-corrected chi connectivity index (χ2v) is 5.52. The number of carbonyl (C=O) groups excluding carboxylic acids is 1. The van der Waals surface area contributed by atoms with E-state index in [-0.39, 0.29) is 5.56 Å². The summed E-state index contributed by atoms with van der Waals surface area (Å²) >= 11 is 0. The number of nitrogens with zero attached hydrogens (tertiary/aromatic N) is 1. The van der Waals surface area contributed by atoms with Gasteiger partial charge >= 0.3 is 6.03 Å². The van der Waals surface area contributed by atoms with Crippen molar-refractivity contribution < 1.29 is 9.53 Å². The van der Waals surface area contributed by atoms with Gasteiger partial charge in [0.1, 0.15) is 0 Å². The maximum absolute atomic E-state index is 12.2. The van der Waals surface area contributed by atoms with Gasteiger partial charge in [0.15, 0.2) is 5.82 Å². The fraction of sp³-hybridized carbons (Fsp3) is 0.188. The molecule has 4 N–H and O–H groups in total. The fourth-order valence-corrected chi connectivity index (χ4v) is 2.76. The van der Waals surface area contributed by atoms with Crippen molar-refractivity contribution in [3.8, 4) is 0 Å². The molecule has 0 atom stereocenters. The first-order valence-corrected chi connectivity index (χ1v) is 7.54. The number of hydrogen-bond donors (Lipinski definition) is 4. The molecular weight excluding hydrogens is 310 g/mol. The molecule has 4 rings (SSSR count). The Morgan fingerprint density at radius 2 is 2.17 bits per heavy atom. The number of rotatable bonds is 2. The van der Waals surface area contributed by atoms with Crippen LogP contribution in [-0.2, 0) is 17.8 Å². The van der Waals surface area contributed by atoms with Crippen molar-refractivity contribution >= 4 is 28.3 Å². The molecular formula is C16H15N5O3. The molecule has 1 aliphatic rings. The highest BCUT2D eigenvalue weighted by atomic mass is 16.5. The number of amides is 2. The number of hydrogen-bond acceptors (Lipinski definition) is 4. The van der Waals surface area contributed by atoms with Crippen molar-refractivity contribution in [2.45, 2.75) is 13.0 Å². The third-order valence-corrected chi connectivity index (χ3v) is 3.96. The predicted molar refractivity (Wildman–Crippen MR) is 89.2 cm³/mol. The minimum absolute atomic E-state index is 0.161. The van der Waals surface area contributed by atoms with E-state index in [9.17, 15) is 9.59 Å². The van der Waals surface area contributed by atoms with Gasteiger partial charge in [0.05, 0.1) is 13.2 Å². The summed E-state index contributed by atoms with van der Waals surface area (Å²) < 4.78 is 5.39. The standard InChI is InChI=1S/C16H15N5O3/c22-15-11-2-1-10(7-9(11)3-5-17-15)18-16(23)19-14-12-8-24-6-4-13(12)20-21-14/h1-3,5,7H,4,6,8H2,(H,17,22)(H3,18,19,20,21,23). The van der Waals surface area contributed by atoms with Gasteiger partial charge in [-0.1, -0.05) is 0 Å². The van der Waals surface area contributed by atoms with Crippen molar-refractivity contribution in [3.63, 3.8) is 0 Å². The van der Waals surface area contributed by atoms with Gasteiger partial charge in [0, 0.05) is 34.9 Å². The van der Waals surface area contributed by atoms with E-state index >= 15 is 0 Å². The smallest absolute Gasteiger partial charge is 0.324 e. The quantitative estimate of drug-likeness (QED) is 0.577. The van der Waals surface area contributed by atoms with E-state index in [2.05, 4.69) is 25.8 Å². The molecule has 0 bridgehead atoms. The largest absolute Gasteiger partial charge is 0.376 e. The van der Waals surface area contributed by atoms with Crippen LogP contribution >= 0.6 is 0 Å². The second kappa shape index (κ2) is 5.82. The number of pyridine rings is 1. The summed E-state index contributed by atoms with van der Waals surface area (Å²) in [6.07, 6.45) is 2.33. The van der Waals surface area contributed by atoms with Gasteiger partial charge in [0.2, 0.25) is 0 Å². The molecule has 1 aromatic carbocycles. The molecule has 8 heteroatoms. The van der Waals surface area contributed by atoms with Crippen LogP contribution in [0.1, 0.15) is 11.3 Å². The first kappa shape index (κ1) is 14.5. The molecule has 0 radical (unpaired) electrons. The number of H-pyrrole nitrogens is 2. The van der Waals surface area contributed by atoms with Gasteiger partial charge in [0.25, 0.3) is 5.56 Å². The van der Waals surface area contributed by atoms with Crippen LogP contribution in [0.25, 0.3) is 10.8 Å². The van der Waals surface area contributed by atoms with Gasteiger partial charge in [-0.25, -0.2) is 4.79 Å². The molecule has 122 valence electrons. The van der Waals surface area contributed by atoms with Crippen molar-refractivity contribution in [1.82, 2.24) is 15.2 Å². The lowest BCUT2D eigenvalue weighted by Crippen LogP contribution is -2.21. The molecule has 0 unspecified atom stereocenters. The number of fused-ring (bicyclic) bond motifs is 2. The Bertz CT molecular complexity index is 975. The van der Waals surface area contributed by atoms with E-state index < -0.39 is 6.03 Å². The average molecular weight is 325 g/mol. The van der Waals surface area contributed by atoms with Crippen LogP contribution in [-0.4, -0.2) is 27.8 Å². The van der Waals surface area contributed by atoms with E-state index in [1.807, 2.05) is 0 Å². The van der Waals surface area contributed by atoms with Crippen LogP contribution in [0.4, 0.5) is 16.3 Å². The Hall–Kier alpha value is -3.13. The summed E-state index contributed by atoms with van der Waals surface area (Å²) in [5, 5.41) is 13.8. The van der Waals surface area contributed by atoms with Crippen molar-refractivity contribution in [3.05, 3.63) is 52.1 Å². The predicted octanol–water partition coefficient (Wildman–Crippen LogP) is 1.97. The molecule has 24 heavy (non-hydrogen) atoms. The van der Waals surface area contributed by atoms with Crippen LogP contribution in [0, 0.1) is 0 Å². The van der Waals surface area contributed by atoms with Gasteiger partial charge in [-0.05, 0) is 29.7 Å². The Morgan fingerprint density at radius 3 is 3.08 bits per heavy atom. The number of ether oxygens (including phenoxy) is 1. The first-order valence-electron chi connectivity index (χ1n) is 7.54. The number of urea groups is 1. The summed E-state index contributed by atoms with van der Waals surface area (Å²) in [6, 6.07) is 6.47. The van der Waals surface area contributed by atoms with Crippen molar-refractivity contribution in [2.75, 3.05) is 17.2 Å². The van der Waals surface area contributed by atoms with Crippen LogP contribution in [0.5, 0.6) is 0 Å². The van der Waals surface area contributed by atoms with E-state index in [4.69, 9.17) is 4.74 Å². The lowest BCUT2D eigenvalue weighted by Gasteiger charge is -2.13. The summed E-state index contributed by atoms with van der Waals surface area (Å²) in [7, 11) is 0. The van der Waals surface area contributed by atoms with Crippen molar-refractivity contribution in [2.24, 2.45) is 0 Å². The highest BCUT2D eigenvalue weighted by Crippen LogP contribution is 2.22. The van der Waals surface area contributed by atoms with E-state index in [1.54, 1.807) is 30.5 Å². The van der Waals surface area contributed by atoms with Crippen LogP contribution < -0.4 is 16.2 Å². The Kier molecular flexibility index (Phi) is 3.51. The Morgan fingerprint density at radius 1 is 1.25 bits per heavy atom. The lowest BCUT2D eigenvalue weighted by atomic mass is 10.1. The highest BCUT2D eigenvalue weighted by molar-refractivity contribution is 6.01. The number of aromatic amines is 2.